The van der Waals surface area contributed by atoms with E-state index in [2.05, 4.69) is 10.2 Å². The van der Waals surface area contributed by atoms with E-state index in [-0.39, 0.29) is 29.3 Å². The normalized spacial score (nSPS) is 24.0. The van der Waals surface area contributed by atoms with Gasteiger partial charge < -0.3 is 15.0 Å². The molecule has 1 aliphatic heterocycles. The first kappa shape index (κ1) is 20.4. The minimum absolute atomic E-state index is 0.0750. The Labute approximate surface area is 174 Å². The number of carbonyl (C=O) groups excluding carboxylic acids is 2. The minimum atomic E-state index is -0.371. The maximum absolute atomic E-state index is 13.7. The average molecular weight is 399 g/mol. The SMILES string of the molecule is COCCCNC(=O)C1c2ccccc2C(=O)N(C2CCCC2)C12CCCCC2. The van der Waals surface area contributed by atoms with Crippen LogP contribution >= 0.6 is 0 Å². The minimum Gasteiger partial charge on any atom is -0.385 e. The molecule has 0 saturated heterocycles. The second-order valence-electron chi connectivity index (χ2n) is 8.94. The second-order valence-corrected chi connectivity index (χ2v) is 8.94. The van der Waals surface area contributed by atoms with Gasteiger partial charge in [-0.05, 0) is 43.7 Å². The Hall–Kier alpha value is -1.88. The van der Waals surface area contributed by atoms with E-state index in [0.717, 1.165) is 56.1 Å². The highest BCUT2D eigenvalue weighted by Crippen LogP contribution is 2.51. The molecule has 0 radical (unpaired) electrons. The number of methoxy groups -OCH3 is 1. The number of hydrogen-bond donors (Lipinski definition) is 1. The molecule has 1 aromatic rings. The van der Waals surface area contributed by atoms with Crippen molar-refractivity contribution in [3.8, 4) is 0 Å². The highest BCUT2D eigenvalue weighted by Gasteiger charge is 2.56. The summed E-state index contributed by atoms with van der Waals surface area (Å²) >= 11 is 0. The Morgan fingerprint density at radius 3 is 2.59 bits per heavy atom. The van der Waals surface area contributed by atoms with Crippen LogP contribution in [0.2, 0.25) is 0 Å². The summed E-state index contributed by atoms with van der Waals surface area (Å²) in [6.45, 7) is 1.25. The van der Waals surface area contributed by atoms with Crippen LogP contribution in [0, 0.1) is 0 Å². The molecular weight excluding hydrogens is 364 g/mol. The fourth-order valence-corrected chi connectivity index (χ4v) is 6.00. The van der Waals surface area contributed by atoms with Crippen LogP contribution in [0.4, 0.5) is 0 Å². The van der Waals surface area contributed by atoms with Crippen molar-refractivity contribution in [1.29, 1.82) is 0 Å². The fourth-order valence-electron chi connectivity index (χ4n) is 6.00. The second kappa shape index (κ2) is 8.86. The Morgan fingerprint density at radius 1 is 1.14 bits per heavy atom. The molecule has 5 nitrogen and oxygen atoms in total. The summed E-state index contributed by atoms with van der Waals surface area (Å²) in [7, 11) is 1.68. The van der Waals surface area contributed by atoms with Crippen LogP contribution < -0.4 is 5.32 Å². The lowest BCUT2D eigenvalue weighted by molar-refractivity contribution is -0.128. The Kier molecular flexibility index (Phi) is 6.23. The van der Waals surface area contributed by atoms with Crippen molar-refractivity contribution >= 4 is 11.8 Å². The number of nitrogens with one attached hydrogen (secondary N) is 1. The summed E-state index contributed by atoms with van der Waals surface area (Å²) in [5, 5.41) is 3.17. The zero-order valence-electron chi connectivity index (χ0n) is 17.6. The third-order valence-electron chi connectivity index (χ3n) is 7.23. The standard InChI is InChI=1S/C24H34N2O3/c1-29-17-9-16-25-22(27)21-19-12-5-6-13-20(19)23(28)26(18-10-3-4-11-18)24(21)14-7-2-8-15-24/h5-6,12-13,18,21H,2-4,7-11,14-17H2,1H3,(H,25,27). The van der Waals surface area contributed by atoms with Crippen molar-refractivity contribution in [3.63, 3.8) is 0 Å². The molecule has 158 valence electrons. The van der Waals surface area contributed by atoms with Gasteiger partial charge in [0.05, 0.1) is 11.5 Å². The lowest BCUT2D eigenvalue weighted by atomic mass is 9.64. The van der Waals surface area contributed by atoms with E-state index >= 15 is 0 Å². The molecule has 2 saturated carbocycles. The van der Waals surface area contributed by atoms with Gasteiger partial charge in [-0.15, -0.1) is 0 Å². The number of rotatable bonds is 6. The van der Waals surface area contributed by atoms with E-state index in [9.17, 15) is 9.59 Å². The van der Waals surface area contributed by atoms with Gasteiger partial charge >= 0.3 is 0 Å². The fraction of sp³-hybridized carbons (Fsp3) is 0.667. The quantitative estimate of drug-likeness (QED) is 0.736. The van der Waals surface area contributed by atoms with Crippen LogP contribution in [-0.4, -0.2) is 48.6 Å². The van der Waals surface area contributed by atoms with E-state index < -0.39 is 0 Å². The first-order chi connectivity index (χ1) is 14.2. The third kappa shape index (κ3) is 3.70. The topological polar surface area (TPSA) is 58.6 Å². The molecule has 1 aromatic carbocycles. The van der Waals surface area contributed by atoms with Gasteiger partial charge in [0.1, 0.15) is 0 Å². The van der Waals surface area contributed by atoms with Crippen molar-refractivity contribution in [2.45, 2.75) is 81.7 Å². The van der Waals surface area contributed by atoms with E-state index in [1.807, 2.05) is 24.3 Å². The molecule has 4 rings (SSSR count). The molecule has 2 amide bonds. The number of amides is 2. The Balaban J connectivity index is 1.75. The van der Waals surface area contributed by atoms with Crippen molar-refractivity contribution in [2.24, 2.45) is 0 Å². The molecular formula is C24H34N2O3. The van der Waals surface area contributed by atoms with Gasteiger partial charge in [0.15, 0.2) is 0 Å². The van der Waals surface area contributed by atoms with Crippen molar-refractivity contribution in [3.05, 3.63) is 35.4 Å². The van der Waals surface area contributed by atoms with E-state index in [4.69, 9.17) is 4.74 Å². The Morgan fingerprint density at radius 2 is 1.86 bits per heavy atom. The molecule has 1 N–H and O–H groups in total. The largest absolute Gasteiger partial charge is 0.385 e. The summed E-state index contributed by atoms with van der Waals surface area (Å²) in [5.41, 5.74) is 1.29. The molecule has 0 aromatic heterocycles. The zero-order chi connectivity index (χ0) is 20.3. The highest BCUT2D eigenvalue weighted by molar-refractivity contribution is 6.02. The summed E-state index contributed by atoms with van der Waals surface area (Å²) in [6.07, 6.45) is 10.5. The molecule has 1 heterocycles. The molecule has 1 spiro atoms. The smallest absolute Gasteiger partial charge is 0.254 e. The van der Waals surface area contributed by atoms with Crippen LogP contribution in [0.3, 0.4) is 0 Å². The van der Waals surface area contributed by atoms with Crippen molar-refractivity contribution in [2.75, 3.05) is 20.3 Å². The zero-order valence-corrected chi connectivity index (χ0v) is 17.6. The summed E-state index contributed by atoms with van der Waals surface area (Å²) in [4.78, 5) is 29.5. The molecule has 2 fully saturated rings. The lowest BCUT2D eigenvalue weighted by Gasteiger charge is -2.56. The van der Waals surface area contributed by atoms with Crippen LogP contribution in [0.25, 0.3) is 0 Å². The van der Waals surface area contributed by atoms with Gasteiger partial charge in [0, 0.05) is 31.9 Å². The first-order valence-corrected chi connectivity index (χ1v) is 11.4. The number of benzene rings is 1. The van der Waals surface area contributed by atoms with Gasteiger partial charge in [-0.3, -0.25) is 9.59 Å². The van der Waals surface area contributed by atoms with E-state index in [0.29, 0.717) is 13.2 Å². The van der Waals surface area contributed by atoms with Crippen LogP contribution in [0.15, 0.2) is 24.3 Å². The van der Waals surface area contributed by atoms with Gasteiger partial charge in [0.2, 0.25) is 5.91 Å². The number of hydrogen-bond acceptors (Lipinski definition) is 3. The maximum atomic E-state index is 13.7. The number of nitrogens with zero attached hydrogens (tertiary/aromatic N) is 1. The van der Waals surface area contributed by atoms with Gasteiger partial charge in [-0.1, -0.05) is 50.3 Å². The van der Waals surface area contributed by atoms with Crippen molar-refractivity contribution in [1.82, 2.24) is 10.2 Å². The van der Waals surface area contributed by atoms with Gasteiger partial charge in [-0.2, -0.15) is 0 Å². The summed E-state index contributed by atoms with van der Waals surface area (Å²) in [6, 6.07) is 8.10. The number of carbonyl (C=O) groups is 2. The average Bonchev–Trinajstić information content (AvgIpc) is 3.26. The predicted molar refractivity (Wildman–Crippen MR) is 113 cm³/mol. The maximum Gasteiger partial charge on any atom is 0.254 e. The monoisotopic (exact) mass is 398 g/mol. The predicted octanol–water partition coefficient (Wildman–Crippen LogP) is 4.02. The van der Waals surface area contributed by atoms with Crippen molar-refractivity contribution < 1.29 is 14.3 Å². The summed E-state index contributed by atoms with van der Waals surface area (Å²) < 4.78 is 5.13. The third-order valence-corrected chi connectivity index (χ3v) is 7.23. The summed E-state index contributed by atoms with van der Waals surface area (Å²) in [5.74, 6) is -0.0522. The van der Waals surface area contributed by atoms with Crippen LogP contribution in [-0.2, 0) is 9.53 Å². The lowest BCUT2D eigenvalue weighted by Crippen LogP contribution is -2.65. The highest BCUT2D eigenvalue weighted by atomic mass is 16.5. The number of ether oxygens (including phenoxy) is 1. The molecule has 29 heavy (non-hydrogen) atoms. The Bertz CT molecular complexity index is 735. The van der Waals surface area contributed by atoms with Crippen LogP contribution in [0.5, 0.6) is 0 Å². The number of fused-ring (bicyclic) bond motifs is 1. The van der Waals surface area contributed by atoms with E-state index in [1.54, 1.807) is 7.11 Å². The molecule has 5 heteroatoms. The molecule has 1 unspecified atom stereocenters. The molecule has 3 aliphatic rings. The first-order valence-electron chi connectivity index (χ1n) is 11.4. The van der Waals surface area contributed by atoms with Gasteiger partial charge in [0.25, 0.3) is 5.91 Å². The van der Waals surface area contributed by atoms with E-state index in [1.165, 1.54) is 19.3 Å². The van der Waals surface area contributed by atoms with Crippen LogP contribution in [0.1, 0.15) is 86.0 Å². The van der Waals surface area contributed by atoms with Gasteiger partial charge in [-0.25, -0.2) is 0 Å². The molecule has 1 atom stereocenters. The molecule has 0 bridgehead atoms. The molecule has 2 aliphatic carbocycles.